The third kappa shape index (κ3) is 2.82. The van der Waals surface area contributed by atoms with Gasteiger partial charge >= 0.3 is 0 Å². The molecule has 0 aliphatic rings. The van der Waals surface area contributed by atoms with E-state index in [4.69, 9.17) is 0 Å². The van der Waals surface area contributed by atoms with E-state index in [1.54, 1.807) is 12.4 Å². The summed E-state index contributed by atoms with van der Waals surface area (Å²) in [6, 6.07) is 8.09. The van der Waals surface area contributed by atoms with Crippen LogP contribution in [0.4, 0.5) is 17.3 Å². The first-order valence-electron chi connectivity index (χ1n) is 4.80. The van der Waals surface area contributed by atoms with Gasteiger partial charge in [0.1, 0.15) is 5.82 Å². The first kappa shape index (κ1) is 11.1. The van der Waals surface area contributed by atoms with Crippen molar-refractivity contribution in [1.82, 2.24) is 9.97 Å². The topological polar surface area (TPSA) is 49.8 Å². The van der Waals surface area contributed by atoms with Gasteiger partial charge < -0.3 is 10.6 Å². The van der Waals surface area contributed by atoms with Crippen LogP contribution >= 0.6 is 22.6 Å². The summed E-state index contributed by atoms with van der Waals surface area (Å²) in [5, 5.41) is 6.15. The molecule has 1 aromatic carbocycles. The van der Waals surface area contributed by atoms with Crippen molar-refractivity contribution in [2.45, 2.75) is 0 Å². The van der Waals surface area contributed by atoms with Crippen molar-refractivity contribution in [1.29, 1.82) is 0 Å². The van der Waals surface area contributed by atoms with Crippen molar-refractivity contribution in [2.75, 3.05) is 17.7 Å². The fraction of sp³-hybridized carbons (Fsp3) is 0.0909. The van der Waals surface area contributed by atoms with E-state index in [-0.39, 0.29) is 0 Å². The van der Waals surface area contributed by atoms with Gasteiger partial charge in [0.25, 0.3) is 0 Å². The third-order valence-electron chi connectivity index (χ3n) is 1.99. The number of benzene rings is 1. The van der Waals surface area contributed by atoms with E-state index >= 15 is 0 Å². The number of rotatable bonds is 3. The number of nitrogens with zero attached hydrogens (tertiary/aromatic N) is 2. The summed E-state index contributed by atoms with van der Waals surface area (Å²) in [6.07, 6.45) is 3.38. The average molecular weight is 326 g/mol. The van der Waals surface area contributed by atoms with E-state index in [0.717, 1.165) is 17.3 Å². The summed E-state index contributed by atoms with van der Waals surface area (Å²) >= 11 is 2.27. The molecule has 0 spiro atoms. The second-order valence-electron chi connectivity index (χ2n) is 3.17. The maximum atomic E-state index is 4.33. The highest BCUT2D eigenvalue weighted by Crippen LogP contribution is 2.17. The molecule has 1 aromatic heterocycles. The lowest BCUT2D eigenvalue weighted by atomic mass is 10.3. The quantitative estimate of drug-likeness (QED) is 0.852. The van der Waals surface area contributed by atoms with E-state index in [0.29, 0.717) is 0 Å². The molecular weight excluding hydrogens is 315 g/mol. The molecule has 0 atom stereocenters. The van der Waals surface area contributed by atoms with Gasteiger partial charge in [-0.15, -0.1) is 0 Å². The van der Waals surface area contributed by atoms with Gasteiger partial charge in [0, 0.05) is 16.3 Å². The lowest BCUT2D eigenvalue weighted by molar-refractivity contribution is 1.18. The molecule has 1 heterocycles. The number of hydrogen-bond donors (Lipinski definition) is 2. The second kappa shape index (κ2) is 5.11. The summed E-state index contributed by atoms with van der Waals surface area (Å²) < 4.78 is 1.18. The zero-order chi connectivity index (χ0) is 11.4. The number of halogens is 1. The van der Waals surface area contributed by atoms with Crippen LogP contribution in [0.15, 0.2) is 36.7 Å². The Morgan fingerprint density at radius 2 is 2.00 bits per heavy atom. The molecular formula is C11H11IN4. The van der Waals surface area contributed by atoms with Gasteiger partial charge in [-0.2, -0.15) is 0 Å². The van der Waals surface area contributed by atoms with E-state index in [2.05, 4.69) is 43.2 Å². The first-order valence-corrected chi connectivity index (χ1v) is 5.88. The summed E-state index contributed by atoms with van der Waals surface area (Å²) in [5.74, 6) is 1.48. The van der Waals surface area contributed by atoms with Crippen LogP contribution in [-0.4, -0.2) is 17.0 Å². The Labute approximate surface area is 108 Å². The minimum absolute atomic E-state index is 0.730. The molecule has 0 aliphatic carbocycles. The second-order valence-corrected chi connectivity index (χ2v) is 4.42. The van der Waals surface area contributed by atoms with E-state index < -0.39 is 0 Å². The number of aromatic nitrogens is 2. The van der Waals surface area contributed by atoms with Crippen molar-refractivity contribution in [3.63, 3.8) is 0 Å². The van der Waals surface area contributed by atoms with Crippen molar-refractivity contribution in [3.05, 3.63) is 40.2 Å². The molecule has 0 aliphatic heterocycles. The monoisotopic (exact) mass is 326 g/mol. The Bertz CT molecular complexity index is 487. The van der Waals surface area contributed by atoms with Crippen LogP contribution in [0.3, 0.4) is 0 Å². The van der Waals surface area contributed by atoms with Gasteiger partial charge in [-0.05, 0) is 40.8 Å². The summed E-state index contributed by atoms with van der Waals surface area (Å²) in [6.45, 7) is 0. The normalized spacial score (nSPS) is 9.88. The van der Waals surface area contributed by atoms with Crippen molar-refractivity contribution < 1.29 is 0 Å². The Hall–Kier alpha value is -1.37. The van der Waals surface area contributed by atoms with Gasteiger partial charge in [0.15, 0.2) is 5.82 Å². The molecule has 2 aromatic rings. The fourth-order valence-electron chi connectivity index (χ4n) is 1.26. The van der Waals surface area contributed by atoms with Crippen LogP contribution in [0, 0.1) is 3.57 Å². The molecule has 0 saturated carbocycles. The highest BCUT2D eigenvalue weighted by molar-refractivity contribution is 14.1. The van der Waals surface area contributed by atoms with Gasteiger partial charge in [-0.1, -0.05) is 6.07 Å². The van der Waals surface area contributed by atoms with Crippen LogP contribution < -0.4 is 10.6 Å². The molecule has 82 valence electrons. The maximum Gasteiger partial charge on any atom is 0.151 e. The van der Waals surface area contributed by atoms with E-state index in [9.17, 15) is 0 Å². The van der Waals surface area contributed by atoms with Gasteiger partial charge in [0.05, 0.1) is 12.4 Å². The smallest absolute Gasteiger partial charge is 0.151 e. The van der Waals surface area contributed by atoms with Gasteiger partial charge in [0.2, 0.25) is 0 Å². The highest BCUT2D eigenvalue weighted by Gasteiger charge is 1.98. The van der Waals surface area contributed by atoms with Crippen LogP contribution in [0.25, 0.3) is 0 Å². The summed E-state index contributed by atoms with van der Waals surface area (Å²) in [4.78, 5) is 8.41. The minimum atomic E-state index is 0.730. The number of anilines is 3. The van der Waals surface area contributed by atoms with Crippen LogP contribution in [0.1, 0.15) is 0 Å². The molecule has 0 saturated heterocycles. The zero-order valence-electron chi connectivity index (χ0n) is 8.74. The highest BCUT2D eigenvalue weighted by atomic mass is 127. The largest absolute Gasteiger partial charge is 0.372 e. The number of nitrogens with one attached hydrogen (secondary N) is 2. The lowest BCUT2D eigenvalue weighted by Gasteiger charge is -2.06. The molecule has 2 rings (SSSR count). The lowest BCUT2D eigenvalue weighted by Crippen LogP contribution is -1.98. The van der Waals surface area contributed by atoms with Crippen molar-refractivity contribution >= 4 is 39.9 Å². The predicted molar refractivity (Wildman–Crippen MR) is 74.0 cm³/mol. The Kier molecular flexibility index (Phi) is 3.55. The van der Waals surface area contributed by atoms with Gasteiger partial charge in [-0.25, -0.2) is 4.98 Å². The third-order valence-corrected chi connectivity index (χ3v) is 2.66. The Morgan fingerprint density at radius 1 is 1.19 bits per heavy atom. The molecule has 2 N–H and O–H groups in total. The van der Waals surface area contributed by atoms with E-state index in [1.807, 2.05) is 31.3 Å². The SMILES string of the molecule is CNc1cncc(Nc2cccc(I)c2)n1. The summed E-state index contributed by atoms with van der Waals surface area (Å²) in [5.41, 5.74) is 1.01. The fourth-order valence-corrected chi connectivity index (χ4v) is 1.80. The molecule has 5 heteroatoms. The first-order chi connectivity index (χ1) is 7.78. The van der Waals surface area contributed by atoms with Crippen LogP contribution in [0.5, 0.6) is 0 Å². The average Bonchev–Trinajstić information content (AvgIpc) is 2.29. The summed E-state index contributed by atoms with van der Waals surface area (Å²) in [7, 11) is 1.82. The van der Waals surface area contributed by atoms with Gasteiger partial charge in [-0.3, -0.25) is 4.98 Å². The van der Waals surface area contributed by atoms with Crippen LogP contribution in [0.2, 0.25) is 0 Å². The van der Waals surface area contributed by atoms with E-state index in [1.165, 1.54) is 3.57 Å². The predicted octanol–water partition coefficient (Wildman–Crippen LogP) is 2.87. The molecule has 0 amide bonds. The molecule has 0 radical (unpaired) electrons. The standard InChI is InChI=1S/C11H11IN4/c1-13-10-6-14-7-11(16-10)15-9-4-2-3-8(12)5-9/h2-7H,1H3,(H2,13,15,16). The molecule has 4 nitrogen and oxygen atoms in total. The molecule has 0 fully saturated rings. The molecule has 0 unspecified atom stereocenters. The zero-order valence-corrected chi connectivity index (χ0v) is 10.9. The number of hydrogen-bond acceptors (Lipinski definition) is 4. The Balaban J connectivity index is 2.20. The molecule has 16 heavy (non-hydrogen) atoms. The van der Waals surface area contributed by atoms with Crippen molar-refractivity contribution in [3.8, 4) is 0 Å². The maximum absolute atomic E-state index is 4.33. The van der Waals surface area contributed by atoms with Crippen molar-refractivity contribution in [2.24, 2.45) is 0 Å². The molecule has 0 bridgehead atoms. The Morgan fingerprint density at radius 3 is 2.75 bits per heavy atom. The minimum Gasteiger partial charge on any atom is -0.372 e. The van der Waals surface area contributed by atoms with Crippen LogP contribution in [-0.2, 0) is 0 Å².